The fourth-order valence-corrected chi connectivity index (χ4v) is 5.34. The molecule has 3 N–H and O–H groups in total. The zero-order chi connectivity index (χ0) is 30.2. The SMILES string of the molecule is CC(C)(C)c1ccc(N(C(=O)[C@H]2C[C@@H](O)CN2)C(C(=O)NC2CCC(F)(F)CC2)c2cnccc2C(F)(F)F)cc1. The van der Waals surface area contributed by atoms with Crippen LogP contribution in [0.5, 0.6) is 0 Å². The Kier molecular flexibility index (Phi) is 8.75. The van der Waals surface area contributed by atoms with Crippen molar-refractivity contribution in [2.24, 2.45) is 0 Å². The summed E-state index contributed by atoms with van der Waals surface area (Å²) in [5.41, 5.74) is -0.906. The number of anilines is 1. The highest BCUT2D eigenvalue weighted by Gasteiger charge is 2.44. The number of halogens is 5. The summed E-state index contributed by atoms with van der Waals surface area (Å²) in [5, 5.41) is 15.6. The van der Waals surface area contributed by atoms with Gasteiger partial charge in [-0.15, -0.1) is 0 Å². The number of aliphatic hydroxyl groups is 1. The molecule has 3 atom stereocenters. The lowest BCUT2D eigenvalue weighted by molar-refractivity contribution is -0.139. The van der Waals surface area contributed by atoms with Gasteiger partial charge >= 0.3 is 6.18 Å². The van der Waals surface area contributed by atoms with E-state index >= 15 is 0 Å². The Morgan fingerprint density at radius 1 is 1.10 bits per heavy atom. The van der Waals surface area contributed by atoms with Crippen molar-refractivity contribution in [2.75, 3.05) is 11.4 Å². The van der Waals surface area contributed by atoms with Gasteiger partial charge < -0.3 is 15.7 Å². The highest BCUT2D eigenvalue weighted by Crippen LogP contribution is 2.39. The van der Waals surface area contributed by atoms with Crippen LogP contribution in [0.25, 0.3) is 0 Å². The molecule has 4 rings (SSSR count). The quantitative estimate of drug-likeness (QED) is 0.422. The average molecular weight is 583 g/mol. The normalized spacial score (nSPS) is 22.3. The Balaban J connectivity index is 1.83. The second kappa shape index (κ2) is 11.6. The molecule has 2 fully saturated rings. The molecule has 2 heterocycles. The summed E-state index contributed by atoms with van der Waals surface area (Å²) in [7, 11) is 0. The van der Waals surface area contributed by atoms with Crippen LogP contribution in [0.2, 0.25) is 0 Å². The van der Waals surface area contributed by atoms with Gasteiger partial charge in [0.25, 0.3) is 0 Å². The number of hydrogen-bond donors (Lipinski definition) is 3. The zero-order valence-electron chi connectivity index (χ0n) is 23.1. The lowest BCUT2D eigenvalue weighted by atomic mass is 9.87. The minimum atomic E-state index is -4.88. The van der Waals surface area contributed by atoms with Gasteiger partial charge in [-0.3, -0.25) is 19.5 Å². The van der Waals surface area contributed by atoms with E-state index < -0.39 is 72.1 Å². The van der Waals surface area contributed by atoms with Crippen LogP contribution >= 0.6 is 0 Å². The fraction of sp³-hybridized carbons (Fsp3) is 0.552. The molecule has 41 heavy (non-hydrogen) atoms. The van der Waals surface area contributed by atoms with E-state index in [0.717, 1.165) is 28.9 Å². The third-order valence-corrected chi connectivity index (χ3v) is 7.68. The van der Waals surface area contributed by atoms with Crippen molar-refractivity contribution < 1.29 is 36.6 Å². The van der Waals surface area contributed by atoms with Crippen molar-refractivity contribution in [2.45, 2.75) is 94.6 Å². The number of amides is 2. The second-order valence-corrected chi connectivity index (χ2v) is 11.9. The molecule has 2 aromatic rings. The molecular weight excluding hydrogens is 547 g/mol. The maximum Gasteiger partial charge on any atom is 0.416 e. The van der Waals surface area contributed by atoms with E-state index in [4.69, 9.17) is 0 Å². The first-order valence-electron chi connectivity index (χ1n) is 13.6. The van der Waals surface area contributed by atoms with Crippen LogP contribution in [0.15, 0.2) is 42.7 Å². The third kappa shape index (κ3) is 7.21. The highest BCUT2D eigenvalue weighted by atomic mass is 19.4. The van der Waals surface area contributed by atoms with Gasteiger partial charge in [0.2, 0.25) is 17.7 Å². The average Bonchev–Trinajstić information content (AvgIpc) is 3.33. The fourth-order valence-electron chi connectivity index (χ4n) is 5.34. The molecule has 224 valence electrons. The van der Waals surface area contributed by atoms with Crippen LogP contribution in [0.4, 0.5) is 27.6 Å². The number of aromatic nitrogens is 1. The Morgan fingerprint density at radius 2 is 1.73 bits per heavy atom. The number of benzene rings is 1. The summed E-state index contributed by atoms with van der Waals surface area (Å²) in [6.07, 6.45) is -4.93. The van der Waals surface area contributed by atoms with E-state index in [2.05, 4.69) is 15.6 Å². The molecule has 1 unspecified atom stereocenters. The number of nitrogens with zero attached hydrogens (tertiary/aromatic N) is 2. The van der Waals surface area contributed by atoms with E-state index in [1.807, 2.05) is 20.8 Å². The lowest BCUT2D eigenvalue weighted by Crippen LogP contribution is -2.52. The standard InChI is InChI=1S/C29H35F5N4O3/c1-27(2,3)17-4-6-19(7-5-17)38(26(41)23-14-20(39)15-36-23)24(21-16-35-13-10-22(21)29(32,33)34)25(40)37-18-8-11-28(30,31)12-9-18/h4-7,10,13,16,18,20,23-24,36,39H,8-9,11-12,14-15H2,1-3H3,(H,37,40)/t20-,23-,24?/m1/s1. The van der Waals surface area contributed by atoms with Gasteiger partial charge in [0.15, 0.2) is 0 Å². The number of aliphatic hydroxyl groups excluding tert-OH is 1. The molecule has 1 aromatic heterocycles. The molecule has 0 bridgehead atoms. The predicted octanol–water partition coefficient (Wildman–Crippen LogP) is 4.89. The van der Waals surface area contributed by atoms with Gasteiger partial charge in [-0.1, -0.05) is 32.9 Å². The molecule has 0 radical (unpaired) electrons. The molecule has 12 heteroatoms. The Hall–Kier alpha value is -3.12. The summed E-state index contributed by atoms with van der Waals surface area (Å²) in [6.45, 7) is 6.03. The maximum absolute atomic E-state index is 14.2. The minimum Gasteiger partial charge on any atom is -0.392 e. The highest BCUT2D eigenvalue weighted by molar-refractivity contribution is 6.04. The van der Waals surface area contributed by atoms with E-state index in [0.29, 0.717) is 0 Å². The van der Waals surface area contributed by atoms with E-state index in [1.54, 1.807) is 24.3 Å². The Bertz CT molecular complexity index is 1240. The van der Waals surface area contributed by atoms with Gasteiger partial charge in [-0.25, -0.2) is 8.78 Å². The second-order valence-electron chi connectivity index (χ2n) is 11.9. The summed E-state index contributed by atoms with van der Waals surface area (Å²) < 4.78 is 70.2. The first-order chi connectivity index (χ1) is 19.1. The van der Waals surface area contributed by atoms with Crippen LogP contribution in [0.1, 0.15) is 75.6 Å². The molecule has 2 aliphatic rings. The van der Waals surface area contributed by atoms with Gasteiger partial charge in [0, 0.05) is 49.1 Å². The third-order valence-electron chi connectivity index (χ3n) is 7.68. The molecule has 1 aliphatic heterocycles. The number of nitrogens with one attached hydrogen (secondary N) is 2. The number of pyridine rings is 1. The van der Waals surface area contributed by atoms with Gasteiger partial charge in [-0.05, 0) is 48.4 Å². The molecule has 1 aromatic carbocycles. The van der Waals surface area contributed by atoms with Crippen LogP contribution < -0.4 is 15.5 Å². The first-order valence-corrected chi connectivity index (χ1v) is 13.6. The van der Waals surface area contributed by atoms with Gasteiger partial charge in [0.1, 0.15) is 6.04 Å². The van der Waals surface area contributed by atoms with Crippen LogP contribution in [0.3, 0.4) is 0 Å². The van der Waals surface area contributed by atoms with Gasteiger partial charge in [-0.2, -0.15) is 13.2 Å². The summed E-state index contributed by atoms with van der Waals surface area (Å²) >= 11 is 0. The van der Waals surface area contributed by atoms with Crippen molar-refractivity contribution in [1.29, 1.82) is 0 Å². The zero-order valence-corrected chi connectivity index (χ0v) is 23.1. The molecular formula is C29H35F5N4O3. The molecule has 1 saturated carbocycles. The Labute approximate surface area is 235 Å². The molecule has 2 amide bonds. The van der Waals surface area contributed by atoms with Crippen molar-refractivity contribution >= 4 is 17.5 Å². The maximum atomic E-state index is 14.2. The molecule has 1 aliphatic carbocycles. The molecule has 0 spiro atoms. The number of alkyl halides is 5. The van der Waals surface area contributed by atoms with Crippen molar-refractivity contribution in [3.05, 3.63) is 59.4 Å². The smallest absolute Gasteiger partial charge is 0.392 e. The van der Waals surface area contributed by atoms with Crippen molar-refractivity contribution in [3.63, 3.8) is 0 Å². The number of carbonyl (C=O) groups excluding carboxylic acids is 2. The monoisotopic (exact) mass is 582 g/mol. The topological polar surface area (TPSA) is 94.6 Å². The largest absolute Gasteiger partial charge is 0.416 e. The minimum absolute atomic E-state index is 0.000617. The number of rotatable bonds is 6. The number of β-amino-alcohol motifs (C(OH)–C–C–N with tert-alkyl or cyclic N) is 1. The molecule has 1 saturated heterocycles. The predicted molar refractivity (Wildman–Crippen MR) is 142 cm³/mol. The van der Waals surface area contributed by atoms with E-state index in [9.17, 15) is 36.6 Å². The summed E-state index contributed by atoms with van der Waals surface area (Å²) in [5.74, 6) is -4.53. The van der Waals surface area contributed by atoms with E-state index in [1.165, 1.54) is 0 Å². The number of carbonyl (C=O) groups is 2. The van der Waals surface area contributed by atoms with Crippen LogP contribution in [-0.4, -0.2) is 52.6 Å². The van der Waals surface area contributed by atoms with Crippen molar-refractivity contribution in [1.82, 2.24) is 15.6 Å². The first kappa shape index (κ1) is 30.8. The number of hydrogen-bond acceptors (Lipinski definition) is 5. The van der Waals surface area contributed by atoms with Crippen molar-refractivity contribution in [3.8, 4) is 0 Å². The van der Waals surface area contributed by atoms with Crippen LogP contribution in [-0.2, 0) is 21.2 Å². The van der Waals surface area contributed by atoms with Gasteiger partial charge in [0.05, 0.1) is 17.7 Å². The Morgan fingerprint density at radius 3 is 2.27 bits per heavy atom. The summed E-state index contributed by atoms with van der Waals surface area (Å²) in [4.78, 5) is 32.8. The molecule has 7 nitrogen and oxygen atoms in total. The van der Waals surface area contributed by atoms with Crippen LogP contribution in [0, 0.1) is 0 Å². The van der Waals surface area contributed by atoms with E-state index in [-0.39, 0.29) is 36.9 Å². The lowest BCUT2D eigenvalue weighted by Gasteiger charge is -2.36. The summed E-state index contributed by atoms with van der Waals surface area (Å²) in [6, 6.07) is 3.83.